The molecule has 0 aliphatic carbocycles. The summed E-state index contributed by atoms with van der Waals surface area (Å²) in [4.78, 5) is 32.0. The van der Waals surface area contributed by atoms with Crippen LogP contribution in [0.3, 0.4) is 0 Å². The number of carbonyl (C=O) groups excluding carboxylic acids is 2. The van der Waals surface area contributed by atoms with E-state index in [1.807, 2.05) is 44.2 Å². The first-order valence-electron chi connectivity index (χ1n) is 11.6. The summed E-state index contributed by atoms with van der Waals surface area (Å²) >= 11 is 0. The Morgan fingerprint density at radius 1 is 0.919 bits per heavy atom. The van der Waals surface area contributed by atoms with Crippen molar-refractivity contribution in [2.75, 3.05) is 11.9 Å². The molecular weight excluding hydrogens is 481 g/mol. The quantitative estimate of drug-likeness (QED) is 0.332. The van der Waals surface area contributed by atoms with Crippen molar-refractivity contribution in [1.29, 1.82) is 0 Å². The molecule has 0 spiro atoms. The zero-order valence-electron chi connectivity index (χ0n) is 20.2. The first kappa shape index (κ1) is 25.7. The van der Waals surface area contributed by atoms with E-state index in [0.717, 1.165) is 17.7 Å². The molecule has 0 saturated heterocycles. The van der Waals surface area contributed by atoms with E-state index in [0.29, 0.717) is 16.9 Å². The SMILES string of the molecule is CC(C)N(CC(=O)Nc1nc(-c2ccccc2)cn1-c1ccc(C(F)(F)F)cc1)C(=O)c1ccccc1. The van der Waals surface area contributed by atoms with Gasteiger partial charge in [0.05, 0.1) is 11.3 Å². The van der Waals surface area contributed by atoms with Crippen molar-refractivity contribution in [2.24, 2.45) is 0 Å². The van der Waals surface area contributed by atoms with Gasteiger partial charge in [-0.25, -0.2) is 4.98 Å². The highest BCUT2D eigenvalue weighted by atomic mass is 19.4. The topological polar surface area (TPSA) is 67.2 Å². The highest BCUT2D eigenvalue weighted by Crippen LogP contribution is 2.31. The van der Waals surface area contributed by atoms with E-state index in [4.69, 9.17) is 0 Å². The van der Waals surface area contributed by atoms with Gasteiger partial charge in [-0.05, 0) is 50.2 Å². The van der Waals surface area contributed by atoms with E-state index in [1.54, 1.807) is 36.5 Å². The lowest BCUT2D eigenvalue weighted by Gasteiger charge is -2.26. The van der Waals surface area contributed by atoms with E-state index in [9.17, 15) is 22.8 Å². The number of nitrogens with one attached hydrogen (secondary N) is 1. The first-order chi connectivity index (χ1) is 17.6. The highest BCUT2D eigenvalue weighted by Gasteiger charge is 2.30. The molecule has 0 fully saturated rings. The zero-order valence-corrected chi connectivity index (χ0v) is 20.2. The number of imidazole rings is 1. The van der Waals surface area contributed by atoms with Crippen LogP contribution in [0.1, 0.15) is 29.8 Å². The Labute approximate surface area is 212 Å². The lowest BCUT2D eigenvalue weighted by Crippen LogP contribution is -2.42. The van der Waals surface area contributed by atoms with Crippen LogP contribution < -0.4 is 5.32 Å². The second kappa shape index (κ2) is 10.7. The number of benzene rings is 3. The summed E-state index contributed by atoms with van der Waals surface area (Å²) in [6.45, 7) is 3.39. The summed E-state index contributed by atoms with van der Waals surface area (Å²) in [5.41, 5.74) is 1.36. The largest absolute Gasteiger partial charge is 0.416 e. The Morgan fingerprint density at radius 3 is 2.08 bits per heavy atom. The summed E-state index contributed by atoms with van der Waals surface area (Å²) < 4.78 is 40.7. The number of carbonyl (C=O) groups is 2. The van der Waals surface area contributed by atoms with Gasteiger partial charge in [-0.1, -0.05) is 48.5 Å². The molecule has 0 bridgehead atoms. The lowest BCUT2D eigenvalue weighted by atomic mass is 10.1. The fourth-order valence-electron chi connectivity index (χ4n) is 3.78. The van der Waals surface area contributed by atoms with Crippen LogP contribution >= 0.6 is 0 Å². The van der Waals surface area contributed by atoms with Crippen molar-refractivity contribution in [2.45, 2.75) is 26.1 Å². The molecule has 2 amide bonds. The number of aromatic nitrogens is 2. The lowest BCUT2D eigenvalue weighted by molar-refractivity contribution is -0.137. The minimum Gasteiger partial charge on any atom is -0.327 e. The molecule has 4 rings (SSSR count). The highest BCUT2D eigenvalue weighted by molar-refractivity contribution is 5.99. The van der Waals surface area contributed by atoms with Gasteiger partial charge in [0, 0.05) is 29.1 Å². The van der Waals surface area contributed by atoms with Crippen LogP contribution in [0.15, 0.2) is 91.1 Å². The molecule has 37 heavy (non-hydrogen) atoms. The summed E-state index contributed by atoms with van der Waals surface area (Å²) in [7, 11) is 0. The Bertz CT molecular complexity index is 1370. The number of nitrogens with zero attached hydrogens (tertiary/aromatic N) is 3. The average molecular weight is 507 g/mol. The van der Waals surface area contributed by atoms with Crippen LogP contribution in [0.5, 0.6) is 0 Å². The van der Waals surface area contributed by atoms with Gasteiger partial charge >= 0.3 is 6.18 Å². The average Bonchev–Trinajstić information content (AvgIpc) is 3.31. The van der Waals surface area contributed by atoms with Gasteiger partial charge in [0.1, 0.15) is 6.54 Å². The second-order valence-electron chi connectivity index (χ2n) is 8.67. The third-order valence-electron chi connectivity index (χ3n) is 5.72. The number of alkyl halides is 3. The number of rotatable bonds is 7. The maximum Gasteiger partial charge on any atom is 0.416 e. The molecule has 1 heterocycles. The molecule has 0 saturated carbocycles. The van der Waals surface area contributed by atoms with E-state index in [2.05, 4.69) is 10.3 Å². The number of hydrogen-bond donors (Lipinski definition) is 1. The maximum atomic E-state index is 13.1. The Kier molecular flexibility index (Phi) is 7.42. The normalized spacial score (nSPS) is 11.4. The molecular formula is C28H25F3N4O2. The fourth-order valence-corrected chi connectivity index (χ4v) is 3.78. The summed E-state index contributed by atoms with van der Waals surface area (Å²) in [6, 6.07) is 22.2. The predicted octanol–water partition coefficient (Wildman–Crippen LogP) is 6.05. The molecule has 190 valence electrons. The van der Waals surface area contributed by atoms with E-state index in [-0.39, 0.29) is 24.4 Å². The van der Waals surface area contributed by atoms with Crippen molar-refractivity contribution in [1.82, 2.24) is 14.5 Å². The van der Waals surface area contributed by atoms with Crippen LogP contribution in [0, 0.1) is 0 Å². The van der Waals surface area contributed by atoms with Gasteiger partial charge in [0.25, 0.3) is 5.91 Å². The minimum atomic E-state index is -4.47. The molecule has 1 N–H and O–H groups in total. The third-order valence-corrected chi connectivity index (χ3v) is 5.72. The number of hydrogen-bond acceptors (Lipinski definition) is 3. The fraction of sp³-hybridized carbons (Fsp3) is 0.179. The molecule has 3 aromatic carbocycles. The monoisotopic (exact) mass is 506 g/mol. The van der Waals surface area contributed by atoms with E-state index in [1.165, 1.54) is 21.6 Å². The van der Waals surface area contributed by atoms with Crippen LogP contribution in [-0.2, 0) is 11.0 Å². The van der Waals surface area contributed by atoms with Crippen molar-refractivity contribution in [3.8, 4) is 16.9 Å². The molecule has 6 nitrogen and oxygen atoms in total. The summed E-state index contributed by atoms with van der Waals surface area (Å²) in [5.74, 6) is -0.655. The maximum absolute atomic E-state index is 13.1. The standard InChI is InChI=1S/C28H25F3N4O2/c1-19(2)34(26(37)21-11-7-4-8-12-21)18-25(36)33-27-32-24(20-9-5-3-6-10-20)17-35(27)23-15-13-22(14-16-23)28(29,30)31/h3-17,19H,18H2,1-2H3,(H,32,33,36). The molecule has 4 aromatic rings. The van der Waals surface area contributed by atoms with E-state index >= 15 is 0 Å². The third kappa shape index (κ3) is 6.06. The zero-order chi connectivity index (χ0) is 26.6. The number of anilines is 1. The summed E-state index contributed by atoms with van der Waals surface area (Å²) in [5, 5.41) is 2.73. The molecule has 1 aromatic heterocycles. The smallest absolute Gasteiger partial charge is 0.327 e. The Balaban J connectivity index is 1.63. The molecule has 0 atom stereocenters. The Morgan fingerprint density at radius 2 is 1.51 bits per heavy atom. The van der Waals surface area contributed by atoms with Gasteiger partial charge in [0.2, 0.25) is 11.9 Å². The van der Waals surface area contributed by atoms with E-state index < -0.39 is 17.6 Å². The second-order valence-corrected chi connectivity index (χ2v) is 8.67. The van der Waals surface area contributed by atoms with Crippen LogP contribution in [-0.4, -0.2) is 38.9 Å². The van der Waals surface area contributed by atoms with Crippen molar-refractivity contribution in [3.63, 3.8) is 0 Å². The van der Waals surface area contributed by atoms with Crippen molar-refractivity contribution < 1.29 is 22.8 Å². The van der Waals surface area contributed by atoms with Gasteiger partial charge in [-0.15, -0.1) is 0 Å². The van der Waals surface area contributed by atoms with Gasteiger partial charge in [0.15, 0.2) is 0 Å². The van der Waals surface area contributed by atoms with Gasteiger partial charge < -0.3 is 4.90 Å². The van der Waals surface area contributed by atoms with Gasteiger partial charge in [-0.3, -0.25) is 19.5 Å². The number of amides is 2. The predicted molar refractivity (Wildman–Crippen MR) is 135 cm³/mol. The van der Waals surface area contributed by atoms with Crippen molar-refractivity contribution in [3.05, 3.63) is 102 Å². The van der Waals surface area contributed by atoms with Crippen LogP contribution in [0.2, 0.25) is 0 Å². The molecule has 0 radical (unpaired) electrons. The van der Waals surface area contributed by atoms with Gasteiger partial charge in [-0.2, -0.15) is 13.2 Å². The molecule has 0 unspecified atom stereocenters. The molecule has 0 aliphatic heterocycles. The Hall–Kier alpha value is -4.40. The first-order valence-corrected chi connectivity index (χ1v) is 11.6. The molecule has 0 aliphatic rings. The van der Waals surface area contributed by atoms with Crippen LogP contribution in [0.25, 0.3) is 16.9 Å². The van der Waals surface area contributed by atoms with Crippen molar-refractivity contribution >= 4 is 17.8 Å². The molecule has 9 heteroatoms. The summed E-state index contributed by atoms with van der Waals surface area (Å²) in [6.07, 6.45) is -2.83. The number of halogens is 3. The van der Waals surface area contributed by atoms with Crippen LogP contribution in [0.4, 0.5) is 19.1 Å². The minimum absolute atomic E-state index is 0.125.